The van der Waals surface area contributed by atoms with Crippen LogP contribution in [-0.4, -0.2) is 53.4 Å². The Balaban J connectivity index is 0.00000280. The summed E-state index contributed by atoms with van der Waals surface area (Å²) in [5, 5.41) is 15.8. The van der Waals surface area contributed by atoms with Crippen LogP contribution in [0.15, 0.2) is 35.6 Å². The van der Waals surface area contributed by atoms with Crippen molar-refractivity contribution in [2.45, 2.75) is 38.8 Å². The van der Waals surface area contributed by atoms with Gasteiger partial charge in [0.15, 0.2) is 5.96 Å². The van der Waals surface area contributed by atoms with Gasteiger partial charge < -0.3 is 20.1 Å². The summed E-state index contributed by atoms with van der Waals surface area (Å²) in [5.41, 5.74) is 1.10. The van der Waals surface area contributed by atoms with Gasteiger partial charge in [-0.2, -0.15) is 0 Å². The SMILES string of the molecule is CCc1nncn1CCNC(=NC)NC1CCCN(c2ccccc2Cl)C1.I. The van der Waals surface area contributed by atoms with Crippen LogP contribution in [0.5, 0.6) is 0 Å². The molecule has 1 aliphatic rings. The minimum atomic E-state index is 0. The van der Waals surface area contributed by atoms with E-state index in [-0.39, 0.29) is 24.0 Å². The van der Waals surface area contributed by atoms with E-state index >= 15 is 0 Å². The van der Waals surface area contributed by atoms with Crippen molar-refractivity contribution in [1.82, 2.24) is 25.4 Å². The van der Waals surface area contributed by atoms with Crippen LogP contribution in [0.4, 0.5) is 5.69 Å². The number of hydrogen-bond donors (Lipinski definition) is 2. The average Bonchev–Trinajstić information content (AvgIpc) is 3.15. The number of nitrogens with one attached hydrogen (secondary N) is 2. The van der Waals surface area contributed by atoms with Crippen LogP contribution >= 0.6 is 35.6 Å². The zero-order valence-corrected chi connectivity index (χ0v) is 19.5. The molecule has 0 radical (unpaired) electrons. The molecule has 28 heavy (non-hydrogen) atoms. The predicted octanol–water partition coefficient (Wildman–Crippen LogP) is 2.95. The monoisotopic (exact) mass is 517 g/mol. The first-order valence-electron chi connectivity index (χ1n) is 9.54. The number of anilines is 1. The summed E-state index contributed by atoms with van der Waals surface area (Å²) in [4.78, 5) is 6.72. The Bertz CT molecular complexity index is 764. The third-order valence-electron chi connectivity index (χ3n) is 4.84. The van der Waals surface area contributed by atoms with E-state index in [1.54, 1.807) is 13.4 Å². The van der Waals surface area contributed by atoms with Gasteiger partial charge in [0.1, 0.15) is 12.2 Å². The molecule has 0 bridgehead atoms. The number of para-hydroxylation sites is 1. The van der Waals surface area contributed by atoms with Crippen molar-refractivity contribution < 1.29 is 0 Å². The van der Waals surface area contributed by atoms with Crippen LogP contribution in [0.25, 0.3) is 0 Å². The molecule has 0 amide bonds. The van der Waals surface area contributed by atoms with Crippen molar-refractivity contribution in [2.24, 2.45) is 4.99 Å². The van der Waals surface area contributed by atoms with E-state index in [2.05, 4.69) is 48.3 Å². The van der Waals surface area contributed by atoms with E-state index in [0.717, 1.165) is 67.9 Å². The summed E-state index contributed by atoms with van der Waals surface area (Å²) in [6, 6.07) is 8.37. The third-order valence-corrected chi connectivity index (χ3v) is 5.16. The highest BCUT2D eigenvalue weighted by Gasteiger charge is 2.22. The van der Waals surface area contributed by atoms with Crippen LogP contribution in [0.2, 0.25) is 5.02 Å². The Kier molecular flexibility index (Phi) is 9.30. The molecule has 154 valence electrons. The maximum atomic E-state index is 6.37. The molecule has 1 aromatic heterocycles. The number of hydrogen-bond acceptors (Lipinski definition) is 4. The summed E-state index contributed by atoms with van der Waals surface area (Å²) < 4.78 is 2.07. The van der Waals surface area contributed by atoms with E-state index in [1.165, 1.54) is 0 Å². The molecule has 1 unspecified atom stereocenters. The highest BCUT2D eigenvalue weighted by Crippen LogP contribution is 2.27. The summed E-state index contributed by atoms with van der Waals surface area (Å²) >= 11 is 6.37. The Morgan fingerprint density at radius 1 is 1.36 bits per heavy atom. The van der Waals surface area contributed by atoms with Crippen LogP contribution in [-0.2, 0) is 13.0 Å². The number of piperidine rings is 1. The molecule has 0 saturated carbocycles. The van der Waals surface area contributed by atoms with Gasteiger partial charge in [-0.25, -0.2) is 0 Å². The van der Waals surface area contributed by atoms with Crippen molar-refractivity contribution in [1.29, 1.82) is 0 Å². The minimum absolute atomic E-state index is 0. The lowest BCUT2D eigenvalue weighted by Crippen LogP contribution is -2.51. The summed E-state index contributed by atoms with van der Waals surface area (Å²) in [7, 11) is 1.81. The summed E-state index contributed by atoms with van der Waals surface area (Å²) in [6.45, 7) is 5.61. The number of nitrogens with zero attached hydrogens (tertiary/aromatic N) is 5. The molecule has 0 spiro atoms. The Morgan fingerprint density at radius 2 is 2.18 bits per heavy atom. The molecule has 2 heterocycles. The van der Waals surface area contributed by atoms with Crippen LogP contribution in [0, 0.1) is 0 Å². The molecule has 9 heteroatoms. The number of benzene rings is 1. The smallest absolute Gasteiger partial charge is 0.191 e. The second kappa shape index (κ2) is 11.5. The van der Waals surface area contributed by atoms with Crippen LogP contribution in [0.1, 0.15) is 25.6 Å². The first kappa shape index (κ1) is 22.7. The first-order valence-corrected chi connectivity index (χ1v) is 9.92. The fourth-order valence-corrected chi connectivity index (χ4v) is 3.70. The number of guanidine groups is 1. The number of aryl methyl sites for hydroxylation is 1. The standard InChI is InChI=1S/C19H28ClN7.HI/c1-3-18-25-23-14-27(18)12-10-22-19(21-2)24-15-7-6-11-26(13-15)17-9-5-4-8-16(17)20;/h4-5,8-9,14-15H,3,6-7,10-13H2,1-2H3,(H2,21,22,24);1H. The predicted molar refractivity (Wildman–Crippen MR) is 126 cm³/mol. The zero-order valence-electron chi connectivity index (χ0n) is 16.4. The topological polar surface area (TPSA) is 70.4 Å². The molecule has 3 rings (SSSR count). The summed E-state index contributed by atoms with van der Waals surface area (Å²) in [6.07, 6.45) is 4.90. The number of aliphatic imine (C=N–C) groups is 1. The molecule has 1 fully saturated rings. The molecule has 1 aromatic carbocycles. The minimum Gasteiger partial charge on any atom is -0.368 e. The lowest BCUT2D eigenvalue weighted by Gasteiger charge is -2.35. The van der Waals surface area contributed by atoms with Crippen molar-refractivity contribution >= 4 is 47.2 Å². The molecule has 0 aliphatic carbocycles. The van der Waals surface area contributed by atoms with E-state index in [9.17, 15) is 0 Å². The average molecular weight is 518 g/mol. The van der Waals surface area contributed by atoms with Crippen LogP contribution < -0.4 is 15.5 Å². The Morgan fingerprint density at radius 3 is 2.93 bits per heavy atom. The first-order chi connectivity index (χ1) is 13.2. The molecule has 7 nitrogen and oxygen atoms in total. The molecule has 2 N–H and O–H groups in total. The van der Waals surface area contributed by atoms with E-state index in [1.807, 2.05) is 18.2 Å². The fraction of sp³-hybridized carbons (Fsp3) is 0.526. The van der Waals surface area contributed by atoms with Crippen molar-refractivity contribution in [3.63, 3.8) is 0 Å². The van der Waals surface area contributed by atoms with Gasteiger partial charge in [0.2, 0.25) is 0 Å². The van der Waals surface area contributed by atoms with Crippen LogP contribution in [0.3, 0.4) is 0 Å². The number of halogens is 2. The lowest BCUT2D eigenvalue weighted by atomic mass is 10.0. The van der Waals surface area contributed by atoms with Gasteiger partial charge in [-0.3, -0.25) is 4.99 Å². The molecule has 1 aliphatic heterocycles. The fourth-order valence-electron chi connectivity index (χ4n) is 3.44. The zero-order chi connectivity index (χ0) is 19.1. The maximum absolute atomic E-state index is 6.37. The highest BCUT2D eigenvalue weighted by atomic mass is 127. The van der Waals surface area contributed by atoms with Crippen molar-refractivity contribution in [2.75, 3.05) is 31.6 Å². The maximum Gasteiger partial charge on any atom is 0.191 e. The van der Waals surface area contributed by atoms with Gasteiger partial charge in [0.05, 0.1) is 10.7 Å². The molecule has 2 aromatic rings. The summed E-state index contributed by atoms with van der Waals surface area (Å²) in [5.74, 6) is 1.83. The quantitative estimate of drug-likeness (QED) is 0.350. The number of rotatable bonds is 6. The highest BCUT2D eigenvalue weighted by molar-refractivity contribution is 14.0. The number of aromatic nitrogens is 3. The molecular formula is C19H29ClIN7. The van der Waals surface area contributed by atoms with Gasteiger partial charge in [-0.1, -0.05) is 30.7 Å². The van der Waals surface area contributed by atoms with Crippen molar-refractivity contribution in [3.05, 3.63) is 41.4 Å². The largest absolute Gasteiger partial charge is 0.368 e. The normalized spacial score (nSPS) is 17.2. The molecule has 1 atom stereocenters. The van der Waals surface area contributed by atoms with E-state index in [0.29, 0.717) is 6.04 Å². The van der Waals surface area contributed by atoms with Gasteiger partial charge >= 0.3 is 0 Å². The lowest BCUT2D eigenvalue weighted by molar-refractivity contribution is 0.467. The van der Waals surface area contributed by atoms with E-state index in [4.69, 9.17) is 11.6 Å². The van der Waals surface area contributed by atoms with Gasteiger partial charge in [-0.05, 0) is 25.0 Å². The second-order valence-electron chi connectivity index (χ2n) is 6.67. The third kappa shape index (κ3) is 5.97. The van der Waals surface area contributed by atoms with Crippen molar-refractivity contribution in [3.8, 4) is 0 Å². The van der Waals surface area contributed by atoms with Gasteiger partial charge in [0.25, 0.3) is 0 Å². The van der Waals surface area contributed by atoms with E-state index < -0.39 is 0 Å². The molecular weight excluding hydrogens is 489 g/mol. The molecule has 1 saturated heterocycles. The van der Waals surface area contributed by atoms with Gasteiger partial charge in [-0.15, -0.1) is 34.2 Å². The Labute approximate surface area is 189 Å². The van der Waals surface area contributed by atoms with Gasteiger partial charge in [0, 0.05) is 45.7 Å². The second-order valence-corrected chi connectivity index (χ2v) is 7.08. The Hall–Kier alpha value is -1.55.